The molecule has 17 heavy (non-hydrogen) atoms. The van der Waals surface area contributed by atoms with Crippen LogP contribution < -0.4 is 5.73 Å². The molecule has 1 fully saturated rings. The Morgan fingerprint density at radius 3 is 2.35 bits per heavy atom. The lowest BCUT2D eigenvalue weighted by Crippen LogP contribution is -2.56. The van der Waals surface area contributed by atoms with E-state index in [1.54, 1.807) is 0 Å². The number of hydrogen-bond acceptors (Lipinski definition) is 2. The van der Waals surface area contributed by atoms with Crippen molar-refractivity contribution in [3.05, 3.63) is 0 Å². The molecule has 0 aliphatic heterocycles. The van der Waals surface area contributed by atoms with Gasteiger partial charge in [0.25, 0.3) is 0 Å². The van der Waals surface area contributed by atoms with Crippen LogP contribution in [0.2, 0.25) is 0 Å². The molecule has 1 saturated carbocycles. The molecule has 0 radical (unpaired) electrons. The van der Waals surface area contributed by atoms with Gasteiger partial charge in [0.05, 0.1) is 0 Å². The van der Waals surface area contributed by atoms with Gasteiger partial charge in [-0.15, -0.1) is 0 Å². The maximum Gasteiger partial charge on any atom is 0.0334 e. The zero-order valence-corrected chi connectivity index (χ0v) is 12.7. The Hall–Kier alpha value is -0.0800. The van der Waals surface area contributed by atoms with Crippen molar-refractivity contribution < 1.29 is 0 Å². The van der Waals surface area contributed by atoms with Crippen molar-refractivity contribution in [1.82, 2.24) is 4.90 Å². The Morgan fingerprint density at radius 2 is 2.00 bits per heavy atom. The fourth-order valence-electron chi connectivity index (χ4n) is 3.20. The summed E-state index contributed by atoms with van der Waals surface area (Å²) in [5.41, 5.74) is 6.70. The van der Waals surface area contributed by atoms with Crippen LogP contribution in [0.4, 0.5) is 0 Å². The minimum absolute atomic E-state index is 0.257. The van der Waals surface area contributed by atoms with Crippen LogP contribution >= 0.6 is 0 Å². The van der Waals surface area contributed by atoms with Gasteiger partial charge in [0.2, 0.25) is 0 Å². The van der Waals surface area contributed by atoms with Crippen LogP contribution in [-0.4, -0.2) is 30.1 Å². The summed E-state index contributed by atoms with van der Waals surface area (Å²) in [5, 5.41) is 0. The van der Waals surface area contributed by atoms with E-state index in [2.05, 4.69) is 46.6 Å². The van der Waals surface area contributed by atoms with E-state index in [9.17, 15) is 0 Å². The van der Waals surface area contributed by atoms with Crippen molar-refractivity contribution in [3.8, 4) is 0 Å². The van der Waals surface area contributed by atoms with Crippen molar-refractivity contribution in [2.24, 2.45) is 17.1 Å². The zero-order chi connectivity index (χ0) is 13.3. The molecule has 3 unspecified atom stereocenters. The molecule has 3 atom stereocenters. The summed E-state index contributed by atoms with van der Waals surface area (Å²) >= 11 is 0. The number of rotatable bonds is 4. The highest BCUT2D eigenvalue weighted by atomic mass is 15.2. The molecular formula is C15H32N2. The molecule has 1 aliphatic carbocycles. The molecule has 0 saturated heterocycles. The van der Waals surface area contributed by atoms with Gasteiger partial charge in [-0.2, -0.15) is 0 Å². The van der Waals surface area contributed by atoms with E-state index in [0.717, 1.165) is 12.5 Å². The first-order valence-corrected chi connectivity index (χ1v) is 7.20. The smallest absolute Gasteiger partial charge is 0.0334 e. The third-order valence-electron chi connectivity index (χ3n) is 5.23. The molecular weight excluding hydrogens is 208 g/mol. The lowest BCUT2D eigenvalue weighted by atomic mass is 9.83. The fourth-order valence-corrected chi connectivity index (χ4v) is 3.20. The van der Waals surface area contributed by atoms with Gasteiger partial charge in [-0.3, -0.25) is 4.90 Å². The summed E-state index contributed by atoms with van der Waals surface area (Å²) < 4.78 is 0. The third-order valence-corrected chi connectivity index (χ3v) is 5.23. The lowest BCUT2D eigenvalue weighted by Gasteiger charge is -2.46. The van der Waals surface area contributed by atoms with Crippen molar-refractivity contribution >= 4 is 0 Å². The predicted molar refractivity (Wildman–Crippen MR) is 76.1 cm³/mol. The molecule has 0 spiro atoms. The van der Waals surface area contributed by atoms with Gasteiger partial charge >= 0.3 is 0 Å². The van der Waals surface area contributed by atoms with Gasteiger partial charge < -0.3 is 5.73 Å². The summed E-state index contributed by atoms with van der Waals surface area (Å²) in [6.45, 7) is 12.4. The Morgan fingerprint density at radius 1 is 1.41 bits per heavy atom. The van der Waals surface area contributed by atoms with Crippen LogP contribution in [0.1, 0.15) is 60.3 Å². The zero-order valence-electron chi connectivity index (χ0n) is 12.7. The first kappa shape index (κ1) is 15.0. The second-order valence-corrected chi connectivity index (χ2v) is 7.10. The largest absolute Gasteiger partial charge is 0.329 e. The average molecular weight is 240 g/mol. The molecule has 2 heteroatoms. The van der Waals surface area contributed by atoms with Crippen LogP contribution in [0.15, 0.2) is 0 Å². The van der Waals surface area contributed by atoms with E-state index in [1.165, 1.54) is 25.7 Å². The molecule has 1 rings (SSSR count). The minimum Gasteiger partial charge on any atom is -0.329 e. The van der Waals surface area contributed by atoms with Gasteiger partial charge in [-0.25, -0.2) is 0 Å². The highest BCUT2D eigenvalue weighted by Crippen LogP contribution is 2.42. The molecule has 0 heterocycles. The van der Waals surface area contributed by atoms with Crippen LogP contribution in [0.3, 0.4) is 0 Å². The van der Waals surface area contributed by atoms with E-state index in [1.807, 2.05) is 0 Å². The summed E-state index contributed by atoms with van der Waals surface area (Å²) in [5.74, 6) is 0.883. The molecule has 0 bridgehead atoms. The predicted octanol–water partition coefficient (Wildman–Crippen LogP) is 3.26. The van der Waals surface area contributed by atoms with E-state index in [0.29, 0.717) is 11.5 Å². The molecule has 0 aromatic rings. The van der Waals surface area contributed by atoms with Crippen LogP contribution in [-0.2, 0) is 0 Å². The monoisotopic (exact) mass is 240 g/mol. The van der Waals surface area contributed by atoms with Crippen LogP contribution in [0.5, 0.6) is 0 Å². The molecule has 102 valence electrons. The van der Waals surface area contributed by atoms with Crippen LogP contribution in [0, 0.1) is 11.3 Å². The minimum atomic E-state index is 0.257. The normalized spacial score (nSPS) is 32.1. The van der Waals surface area contributed by atoms with Crippen LogP contribution in [0.25, 0.3) is 0 Å². The molecule has 0 amide bonds. The second kappa shape index (κ2) is 5.27. The van der Waals surface area contributed by atoms with Gasteiger partial charge in [0, 0.05) is 18.1 Å². The fraction of sp³-hybridized carbons (Fsp3) is 1.00. The maximum absolute atomic E-state index is 6.13. The van der Waals surface area contributed by atoms with Gasteiger partial charge in [-0.05, 0) is 44.6 Å². The summed E-state index contributed by atoms with van der Waals surface area (Å²) in [6.07, 6.45) is 5.23. The summed E-state index contributed by atoms with van der Waals surface area (Å²) in [6, 6.07) is 0.571. The first-order valence-electron chi connectivity index (χ1n) is 7.20. The highest BCUT2D eigenvalue weighted by Gasteiger charge is 2.43. The summed E-state index contributed by atoms with van der Waals surface area (Å²) in [7, 11) is 2.28. The number of nitrogens with two attached hydrogens (primary N) is 1. The van der Waals surface area contributed by atoms with E-state index in [4.69, 9.17) is 5.73 Å². The topological polar surface area (TPSA) is 29.3 Å². The second-order valence-electron chi connectivity index (χ2n) is 7.10. The molecule has 0 aromatic heterocycles. The van der Waals surface area contributed by atoms with Crippen molar-refractivity contribution in [3.63, 3.8) is 0 Å². The average Bonchev–Trinajstić information content (AvgIpc) is 2.70. The first-order chi connectivity index (χ1) is 7.77. The van der Waals surface area contributed by atoms with Gasteiger partial charge in [0.15, 0.2) is 0 Å². The van der Waals surface area contributed by atoms with Crippen molar-refractivity contribution in [2.45, 2.75) is 71.9 Å². The van der Waals surface area contributed by atoms with Gasteiger partial charge in [-0.1, -0.05) is 34.1 Å². The lowest BCUT2D eigenvalue weighted by molar-refractivity contribution is 0.0326. The number of hydrogen-bond donors (Lipinski definition) is 1. The Bertz CT molecular complexity index is 244. The van der Waals surface area contributed by atoms with Crippen molar-refractivity contribution in [2.75, 3.05) is 13.6 Å². The highest BCUT2D eigenvalue weighted by molar-refractivity contribution is 5.00. The Balaban J connectivity index is 2.81. The van der Waals surface area contributed by atoms with E-state index in [-0.39, 0.29) is 5.54 Å². The maximum atomic E-state index is 6.13. The quantitative estimate of drug-likeness (QED) is 0.817. The standard InChI is InChI=1S/C15H32N2/c1-7-13-8-9-15(10-13,11-16)17(6)12(2)14(3,4)5/h12-13H,7-11,16H2,1-6H3. The van der Waals surface area contributed by atoms with E-state index < -0.39 is 0 Å². The number of nitrogens with zero attached hydrogens (tertiary/aromatic N) is 1. The SMILES string of the molecule is CCC1CCC(CN)(N(C)C(C)C(C)(C)C)C1. The summed E-state index contributed by atoms with van der Waals surface area (Å²) in [4.78, 5) is 2.57. The third kappa shape index (κ3) is 3.03. The number of likely N-dealkylation sites (N-methyl/N-ethyl adjacent to an activating group) is 1. The van der Waals surface area contributed by atoms with Crippen molar-refractivity contribution in [1.29, 1.82) is 0 Å². The molecule has 1 aliphatic rings. The molecule has 0 aromatic carbocycles. The molecule has 2 N–H and O–H groups in total. The van der Waals surface area contributed by atoms with E-state index >= 15 is 0 Å². The Labute approximate surface area is 108 Å². The molecule has 2 nitrogen and oxygen atoms in total. The van der Waals surface area contributed by atoms with Gasteiger partial charge in [0.1, 0.15) is 0 Å². The Kier molecular flexibility index (Phi) is 4.65.